The van der Waals surface area contributed by atoms with Crippen LogP contribution in [0.5, 0.6) is 11.5 Å². The number of hydrogen-bond acceptors (Lipinski definition) is 4. The molecule has 0 bridgehead atoms. The molecule has 1 aromatic heterocycles. The van der Waals surface area contributed by atoms with Gasteiger partial charge in [0.05, 0.1) is 18.0 Å². The molecule has 1 heterocycles. The smallest absolute Gasteiger partial charge is 0.258 e. The number of H-pyrrole nitrogens is 1. The quantitative estimate of drug-likeness (QED) is 0.775. The number of nitrogens with one attached hydrogen (secondary N) is 1. The summed E-state index contributed by atoms with van der Waals surface area (Å²) in [5, 5.41) is 0.491. The van der Waals surface area contributed by atoms with Crippen LogP contribution in [-0.2, 0) is 6.61 Å². The van der Waals surface area contributed by atoms with Crippen LogP contribution in [0.25, 0.3) is 10.9 Å². The summed E-state index contributed by atoms with van der Waals surface area (Å²) >= 11 is 3.38. The maximum Gasteiger partial charge on any atom is 0.258 e. The molecule has 3 rings (SSSR count). The molecule has 2 aromatic carbocycles. The molecule has 0 saturated carbocycles. The first-order valence-corrected chi connectivity index (χ1v) is 7.40. The van der Waals surface area contributed by atoms with Crippen LogP contribution >= 0.6 is 15.9 Å². The zero-order chi connectivity index (χ0) is 15.5. The van der Waals surface area contributed by atoms with Crippen molar-refractivity contribution in [3.8, 4) is 11.5 Å². The molecule has 3 aromatic rings. The van der Waals surface area contributed by atoms with E-state index in [2.05, 4.69) is 25.9 Å². The van der Waals surface area contributed by atoms with E-state index in [1.807, 2.05) is 24.3 Å². The van der Waals surface area contributed by atoms with Gasteiger partial charge in [0.2, 0.25) is 0 Å². The first-order valence-electron chi connectivity index (χ1n) is 6.61. The van der Waals surface area contributed by atoms with E-state index in [1.54, 1.807) is 25.3 Å². The van der Waals surface area contributed by atoms with Gasteiger partial charge in [-0.25, -0.2) is 4.98 Å². The first-order chi connectivity index (χ1) is 10.7. The second-order valence-corrected chi connectivity index (χ2v) is 5.56. The molecule has 0 unspecified atom stereocenters. The minimum atomic E-state index is -0.211. The number of halogens is 1. The molecular weight excluding hydrogens is 348 g/mol. The van der Waals surface area contributed by atoms with Gasteiger partial charge >= 0.3 is 0 Å². The SMILES string of the molecule is COc1ccc2nc(COc3cccc(Br)c3)[nH]c(=O)c2c1. The summed E-state index contributed by atoms with van der Waals surface area (Å²) in [7, 11) is 1.56. The van der Waals surface area contributed by atoms with Gasteiger partial charge in [0.1, 0.15) is 23.9 Å². The summed E-state index contributed by atoms with van der Waals surface area (Å²) in [5.41, 5.74) is 0.397. The number of fused-ring (bicyclic) bond motifs is 1. The van der Waals surface area contributed by atoms with Gasteiger partial charge in [-0.05, 0) is 36.4 Å². The molecule has 0 aliphatic heterocycles. The third-order valence-corrected chi connectivity index (χ3v) is 3.63. The Bertz CT molecular complexity index is 877. The lowest BCUT2D eigenvalue weighted by Crippen LogP contribution is -2.13. The second kappa shape index (κ2) is 6.19. The van der Waals surface area contributed by atoms with Crippen LogP contribution in [0.2, 0.25) is 0 Å². The maximum absolute atomic E-state index is 12.1. The van der Waals surface area contributed by atoms with Crippen LogP contribution < -0.4 is 15.0 Å². The van der Waals surface area contributed by atoms with Crippen molar-refractivity contribution in [3.05, 3.63) is 63.1 Å². The minimum absolute atomic E-state index is 0.188. The zero-order valence-corrected chi connectivity index (χ0v) is 13.4. The molecule has 0 spiro atoms. The monoisotopic (exact) mass is 360 g/mol. The van der Waals surface area contributed by atoms with Crippen LogP contribution in [0, 0.1) is 0 Å². The molecule has 0 aliphatic rings. The minimum Gasteiger partial charge on any atom is -0.497 e. The summed E-state index contributed by atoms with van der Waals surface area (Å²) in [6.07, 6.45) is 0. The van der Waals surface area contributed by atoms with E-state index in [4.69, 9.17) is 9.47 Å². The number of methoxy groups -OCH3 is 1. The van der Waals surface area contributed by atoms with E-state index >= 15 is 0 Å². The molecule has 22 heavy (non-hydrogen) atoms. The number of ether oxygens (including phenoxy) is 2. The predicted octanol–water partition coefficient (Wildman–Crippen LogP) is 3.27. The Morgan fingerprint density at radius 2 is 2.05 bits per heavy atom. The Kier molecular flexibility index (Phi) is 4.11. The molecule has 0 aliphatic carbocycles. The fourth-order valence-electron chi connectivity index (χ4n) is 2.07. The Hall–Kier alpha value is -2.34. The maximum atomic E-state index is 12.1. The predicted molar refractivity (Wildman–Crippen MR) is 87.4 cm³/mol. The van der Waals surface area contributed by atoms with Crippen molar-refractivity contribution in [2.24, 2.45) is 0 Å². The first kappa shape index (κ1) is 14.6. The van der Waals surface area contributed by atoms with Gasteiger partial charge in [0, 0.05) is 4.47 Å². The van der Waals surface area contributed by atoms with Crippen molar-refractivity contribution in [1.29, 1.82) is 0 Å². The van der Waals surface area contributed by atoms with E-state index in [9.17, 15) is 4.79 Å². The lowest BCUT2D eigenvalue weighted by atomic mass is 10.2. The number of aromatic amines is 1. The van der Waals surface area contributed by atoms with Crippen LogP contribution in [0.1, 0.15) is 5.82 Å². The molecule has 0 fully saturated rings. The number of hydrogen-bond donors (Lipinski definition) is 1. The molecule has 0 atom stereocenters. The molecule has 0 radical (unpaired) electrons. The van der Waals surface area contributed by atoms with Crippen molar-refractivity contribution in [1.82, 2.24) is 9.97 Å². The third-order valence-electron chi connectivity index (χ3n) is 3.13. The van der Waals surface area contributed by atoms with Crippen molar-refractivity contribution < 1.29 is 9.47 Å². The normalized spacial score (nSPS) is 10.6. The van der Waals surface area contributed by atoms with Gasteiger partial charge in [-0.15, -0.1) is 0 Å². The molecule has 112 valence electrons. The van der Waals surface area contributed by atoms with Crippen LogP contribution in [0.3, 0.4) is 0 Å². The van der Waals surface area contributed by atoms with E-state index in [-0.39, 0.29) is 12.2 Å². The van der Waals surface area contributed by atoms with Gasteiger partial charge in [-0.1, -0.05) is 22.0 Å². The summed E-state index contributed by atoms with van der Waals surface area (Å²) in [4.78, 5) is 19.2. The van der Waals surface area contributed by atoms with E-state index in [1.165, 1.54) is 0 Å². The Balaban J connectivity index is 1.87. The standard InChI is InChI=1S/C16H13BrN2O3/c1-21-11-5-6-14-13(8-11)16(20)19-15(18-14)9-22-12-4-2-3-10(17)7-12/h2-8H,9H2,1H3,(H,18,19,20). The van der Waals surface area contributed by atoms with Crippen molar-refractivity contribution in [2.45, 2.75) is 6.61 Å². The van der Waals surface area contributed by atoms with Gasteiger partial charge in [-0.2, -0.15) is 0 Å². The van der Waals surface area contributed by atoms with E-state index in [0.717, 1.165) is 4.47 Å². The highest BCUT2D eigenvalue weighted by Gasteiger charge is 2.06. The van der Waals surface area contributed by atoms with Gasteiger partial charge < -0.3 is 14.5 Å². The zero-order valence-electron chi connectivity index (χ0n) is 11.8. The molecular formula is C16H13BrN2O3. The van der Waals surface area contributed by atoms with Crippen molar-refractivity contribution >= 4 is 26.8 Å². The van der Waals surface area contributed by atoms with Crippen LogP contribution in [0.15, 0.2) is 51.7 Å². The molecule has 0 saturated heterocycles. The highest BCUT2D eigenvalue weighted by molar-refractivity contribution is 9.10. The largest absolute Gasteiger partial charge is 0.497 e. The van der Waals surface area contributed by atoms with Gasteiger partial charge in [0.15, 0.2) is 0 Å². The lowest BCUT2D eigenvalue weighted by Gasteiger charge is -2.07. The van der Waals surface area contributed by atoms with Crippen molar-refractivity contribution in [3.63, 3.8) is 0 Å². The average molecular weight is 361 g/mol. The highest BCUT2D eigenvalue weighted by atomic mass is 79.9. The Morgan fingerprint density at radius 1 is 1.18 bits per heavy atom. The molecule has 1 N–H and O–H groups in total. The summed E-state index contributed by atoms with van der Waals surface area (Å²) in [5.74, 6) is 1.80. The van der Waals surface area contributed by atoms with E-state index in [0.29, 0.717) is 28.2 Å². The summed E-state index contributed by atoms with van der Waals surface area (Å²) in [6, 6.07) is 12.7. The van der Waals surface area contributed by atoms with Crippen molar-refractivity contribution in [2.75, 3.05) is 7.11 Å². The fraction of sp³-hybridized carbons (Fsp3) is 0.125. The number of aromatic nitrogens is 2. The number of rotatable bonds is 4. The summed E-state index contributed by atoms with van der Waals surface area (Å²) < 4.78 is 11.7. The number of nitrogens with zero attached hydrogens (tertiary/aromatic N) is 1. The Labute approximate surface area is 135 Å². The van der Waals surface area contributed by atoms with Crippen LogP contribution in [0.4, 0.5) is 0 Å². The van der Waals surface area contributed by atoms with Gasteiger partial charge in [0.25, 0.3) is 5.56 Å². The molecule has 5 nitrogen and oxygen atoms in total. The van der Waals surface area contributed by atoms with E-state index < -0.39 is 0 Å². The van der Waals surface area contributed by atoms with Gasteiger partial charge in [-0.3, -0.25) is 4.79 Å². The number of benzene rings is 2. The average Bonchev–Trinajstić information content (AvgIpc) is 2.53. The Morgan fingerprint density at radius 3 is 2.82 bits per heavy atom. The third kappa shape index (κ3) is 3.12. The highest BCUT2D eigenvalue weighted by Crippen LogP contribution is 2.19. The second-order valence-electron chi connectivity index (χ2n) is 4.64. The fourth-order valence-corrected chi connectivity index (χ4v) is 2.45. The lowest BCUT2D eigenvalue weighted by molar-refractivity contribution is 0.296. The topological polar surface area (TPSA) is 64.2 Å². The molecule has 6 heteroatoms. The summed E-state index contributed by atoms with van der Waals surface area (Å²) in [6.45, 7) is 0.188. The molecule has 0 amide bonds. The van der Waals surface area contributed by atoms with Crippen LogP contribution in [-0.4, -0.2) is 17.1 Å².